The molecule has 0 saturated heterocycles. The molecule has 3 rings (SSSR count). The molecule has 2 aromatic carbocycles. The summed E-state index contributed by atoms with van der Waals surface area (Å²) in [6.07, 6.45) is 7.52. The Morgan fingerprint density at radius 1 is 1.00 bits per heavy atom. The minimum absolute atomic E-state index is 0.0616. The van der Waals surface area contributed by atoms with Crippen LogP contribution in [-0.4, -0.2) is 26.9 Å². The van der Waals surface area contributed by atoms with Crippen LogP contribution in [0.15, 0.2) is 47.4 Å². The molecular weight excluding hydrogens is 455 g/mol. The summed E-state index contributed by atoms with van der Waals surface area (Å²) in [5, 5.41) is 3.58. The molecule has 168 valence electrons. The van der Waals surface area contributed by atoms with Crippen LogP contribution in [0.5, 0.6) is 0 Å². The van der Waals surface area contributed by atoms with E-state index in [1.807, 2.05) is 6.92 Å². The summed E-state index contributed by atoms with van der Waals surface area (Å²) >= 11 is 12.5. The molecule has 1 saturated carbocycles. The van der Waals surface area contributed by atoms with Gasteiger partial charge in [0.25, 0.3) is 10.0 Å². The minimum Gasteiger partial charge on any atom is -0.352 e. The molecule has 0 unspecified atom stereocenters. The van der Waals surface area contributed by atoms with Crippen molar-refractivity contribution in [3.8, 4) is 0 Å². The smallest absolute Gasteiger partial charge is 0.264 e. The summed E-state index contributed by atoms with van der Waals surface area (Å²) < 4.78 is 28.0. The van der Waals surface area contributed by atoms with Crippen LogP contribution < -0.4 is 9.62 Å². The second kappa shape index (κ2) is 10.7. The number of benzene rings is 2. The number of sulfonamides is 1. The fourth-order valence-corrected chi connectivity index (χ4v) is 5.69. The molecule has 0 heterocycles. The molecule has 0 aliphatic heterocycles. The number of halogens is 2. The van der Waals surface area contributed by atoms with Gasteiger partial charge < -0.3 is 5.32 Å². The highest BCUT2D eigenvalue weighted by Gasteiger charge is 2.29. The van der Waals surface area contributed by atoms with E-state index < -0.39 is 10.0 Å². The first-order chi connectivity index (χ1) is 14.8. The molecule has 31 heavy (non-hydrogen) atoms. The van der Waals surface area contributed by atoms with Gasteiger partial charge in [0.2, 0.25) is 5.91 Å². The van der Waals surface area contributed by atoms with E-state index in [0.29, 0.717) is 5.02 Å². The van der Waals surface area contributed by atoms with E-state index >= 15 is 0 Å². The minimum atomic E-state index is -4.03. The maximum absolute atomic E-state index is 13.5. The molecule has 0 bridgehead atoms. The zero-order valence-electron chi connectivity index (χ0n) is 17.6. The lowest BCUT2D eigenvalue weighted by atomic mass is 9.97. The third-order valence-electron chi connectivity index (χ3n) is 5.54. The molecule has 1 amide bonds. The van der Waals surface area contributed by atoms with Gasteiger partial charge >= 0.3 is 0 Å². The molecule has 1 fully saturated rings. The van der Waals surface area contributed by atoms with Gasteiger partial charge in [-0.25, -0.2) is 8.42 Å². The molecule has 8 heteroatoms. The van der Waals surface area contributed by atoms with Crippen molar-refractivity contribution >= 4 is 44.8 Å². The van der Waals surface area contributed by atoms with Crippen LogP contribution >= 0.6 is 23.2 Å². The maximum atomic E-state index is 13.5. The average Bonchev–Trinajstić information content (AvgIpc) is 2.70. The van der Waals surface area contributed by atoms with Gasteiger partial charge in [0.1, 0.15) is 6.54 Å². The Hall–Kier alpha value is -1.76. The van der Waals surface area contributed by atoms with Crippen LogP contribution in [0.2, 0.25) is 10.0 Å². The van der Waals surface area contributed by atoms with Crippen molar-refractivity contribution in [1.82, 2.24) is 5.32 Å². The van der Waals surface area contributed by atoms with E-state index in [2.05, 4.69) is 5.32 Å². The number of anilines is 1. The fourth-order valence-electron chi connectivity index (χ4n) is 3.82. The summed E-state index contributed by atoms with van der Waals surface area (Å²) in [5.74, 6) is -0.350. The van der Waals surface area contributed by atoms with Crippen LogP contribution in [0.3, 0.4) is 0 Å². The Balaban J connectivity index is 1.89. The number of nitrogens with zero attached hydrogens (tertiary/aromatic N) is 1. The predicted molar refractivity (Wildman–Crippen MR) is 126 cm³/mol. The highest BCUT2D eigenvalue weighted by atomic mass is 35.5. The van der Waals surface area contributed by atoms with Crippen LogP contribution in [0.25, 0.3) is 0 Å². The Bertz CT molecular complexity index is 1000. The molecule has 5 nitrogen and oxygen atoms in total. The largest absolute Gasteiger partial charge is 0.352 e. The van der Waals surface area contributed by atoms with Crippen LogP contribution in [-0.2, 0) is 14.8 Å². The monoisotopic (exact) mass is 482 g/mol. The fraction of sp³-hybridized carbons (Fsp3) is 0.435. The van der Waals surface area contributed by atoms with Crippen molar-refractivity contribution in [2.75, 3.05) is 10.8 Å². The maximum Gasteiger partial charge on any atom is 0.264 e. The quantitative estimate of drug-likeness (QED) is 0.571. The zero-order valence-corrected chi connectivity index (χ0v) is 19.9. The highest BCUT2D eigenvalue weighted by molar-refractivity contribution is 7.92. The van der Waals surface area contributed by atoms with Gasteiger partial charge in [0.15, 0.2) is 0 Å². The van der Waals surface area contributed by atoms with E-state index in [1.165, 1.54) is 43.5 Å². The summed E-state index contributed by atoms with van der Waals surface area (Å²) in [7, 11) is -4.03. The number of rotatable bonds is 6. The van der Waals surface area contributed by atoms with Gasteiger partial charge in [-0.05, 0) is 50.1 Å². The lowest BCUT2D eigenvalue weighted by molar-refractivity contribution is -0.120. The van der Waals surface area contributed by atoms with Gasteiger partial charge in [0, 0.05) is 11.1 Å². The lowest BCUT2D eigenvalue weighted by Gasteiger charge is -2.27. The molecule has 1 N–H and O–H groups in total. The second-order valence-corrected chi connectivity index (χ2v) is 10.7. The SMILES string of the molecule is Cc1ccc(S(=O)(=O)N(CC(=O)NC2CCCCCCC2)c2cc(Cl)ccc2Cl)cc1. The summed E-state index contributed by atoms with van der Waals surface area (Å²) in [4.78, 5) is 13.0. The normalized spacial score (nSPS) is 15.7. The number of carbonyl (C=O) groups excluding carboxylic acids is 1. The number of aryl methyl sites for hydroxylation is 1. The second-order valence-electron chi connectivity index (χ2n) is 8.03. The zero-order chi connectivity index (χ0) is 22.4. The van der Waals surface area contributed by atoms with Gasteiger partial charge in [0.05, 0.1) is 15.6 Å². The molecule has 0 radical (unpaired) electrons. The van der Waals surface area contributed by atoms with Crippen molar-refractivity contribution in [3.63, 3.8) is 0 Å². The third kappa shape index (κ3) is 6.37. The molecule has 0 atom stereocenters. The standard InChI is InChI=1S/C23H28Cl2N2O3S/c1-17-9-12-20(13-10-17)31(29,30)27(22-15-18(24)11-14-21(22)25)16-23(28)26-19-7-5-3-2-4-6-8-19/h9-15,19H,2-8,16H2,1H3,(H,26,28). The van der Waals surface area contributed by atoms with E-state index in [-0.39, 0.29) is 34.1 Å². The van der Waals surface area contributed by atoms with E-state index in [9.17, 15) is 13.2 Å². The Morgan fingerprint density at radius 2 is 1.61 bits per heavy atom. The summed E-state index contributed by atoms with van der Waals surface area (Å²) in [5.41, 5.74) is 1.12. The van der Waals surface area contributed by atoms with Gasteiger partial charge in [-0.1, -0.05) is 73.0 Å². The van der Waals surface area contributed by atoms with Gasteiger partial charge in [-0.3, -0.25) is 9.10 Å². The molecule has 0 aromatic heterocycles. The third-order valence-corrected chi connectivity index (χ3v) is 7.87. The van der Waals surface area contributed by atoms with Crippen molar-refractivity contribution in [1.29, 1.82) is 0 Å². The molecule has 1 aliphatic rings. The number of nitrogens with one attached hydrogen (secondary N) is 1. The van der Waals surface area contributed by atoms with Crippen LogP contribution in [0.4, 0.5) is 5.69 Å². The average molecular weight is 483 g/mol. The predicted octanol–water partition coefficient (Wildman–Crippen LogP) is 5.73. The summed E-state index contributed by atoms with van der Waals surface area (Å²) in [6.45, 7) is 1.51. The first kappa shape index (κ1) is 23.9. The topological polar surface area (TPSA) is 66.5 Å². The van der Waals surface area contributed by atoms with Crippen molar-refractivity contribution in [3.05, 3.63) is 58.1 Å². The highest BCUT2D eigenvalue weighted by Crippen LogP contribution is 2.33. The van der Waals surface area contributed by atoms with Crippen molar-refractivity contribution in [2.24, 2.45) is 0 Å². The Kier molecular flexibility index (Phi) is 8.25. The van der Waals surface area contributed by atoms with Gasteiger partial charge in [-0.15, -0.1) is 0 Å². The Morgan fingerprint density at radius 3 is 2.26 bits per heavy atom. The number of hydrogen-bond donors (Lipinski definition) is 1. The molecular formula is C23H28Cl2N2O3S. The van der Waals surface area contributed by atoms with Crippen molar-refractivity contribution in [2.45, 2.75) is 62.8 Å². The number of hydrogen-bond acceptors (Lipinski definition) is 3. The van der Waals surface area contributed by atoms with E-state index in [1.54, 1.807) is 18.2 Å². The van der Waals surface area contributed by atoms with Crippen LogP contribution in [0, 0.1) is 6.92 Å². The first-order valence-electron chi connectivity index (χ1n) is 10.6. The molecule has 2 aromatic rings. The Labute approximate surface area is 194 Å². The van der Waals surface area contributed by atoms with Crippen LogP contribution in [0.1, 0.15) is 50.5 Å². The lowest BCUT2D eigenvalue weighted by Crippen LogP contribution is -2.44. The first-order valence-corrected chi connectivity index (χ1v) is 12.8. The van der Waals surface area contributed by atoms with E-state index in [0.717, 1.165) is 35.6 Å². The van der Waals surface area contributed by atoms with Gasteiger partial charge in [-0.2, -0.15) is 0 Å². The molecule has 0 spiro atoms. The van der Waals surface area contributed by atoms with Crippen molar-refractivity contribution < 1.29 is 13.2 Å². The summed E-state index contributed by atoms with van der Waals surface area (Å²) in [6, 6.07) is 11.1. The van der Waals surface area contributed by atoms with E-state index in [4.69, 9.17) is 23.2 Å². The number of amides is 1. The number of carbonyl (C=O) groups is 1. The molecule has 1 aliphatic carbocycles.